The van der Waals surface area contributed by atoms with Crippen LogP contribution in [0.25, 0.3) is 0 Å². The molecule has 4 rings (SSSR count). The Morgan fingerprint density at radius 3 is 2.64 bits per heavy atom. The van der Waals surface area contributed by atoms with Gasteiger partial charge in [0.1, 0.15) is 29.0 Å². The second kappa shape index (κ2) is 9.43. The minimum Gasteiger partial charge on any atom is -0.497 e. The van der Waals surface area contributed by atoms with Gasteiger partial charge in [-0.3, -0.25) is 14.5 Å². The minimum absolute atomic E-state index is 0.367. The molecule has 33 heavy (non-hydrogen) atoms. The molecular formula is C24H26FN3O4S. The molecule has 2 aromatic rings. The van der Waals surface area contributed by atoms with Crippen LogP contribution in [0.15, 0.2) is 48.5 Å². The first-order valence-corrected chi connectivity index (χ1v) is 11.8. The standard InChI is InChI=1S/C24H26FN3O4S/c1-24(12-11-16-7-9-17(32-2)10-8-16)22(30)28(23(31)26-24)15-20(29)27-13-14-33-21(27)18-5-3-4-6-19(18)25/h3-10,21H,11-15H2,1-2H3,(H,26,31). The number of methoxy groups -OCH3 is 1. The molecular weight excluding hydrogens is 445 g/mol. The SMILES string of the molecule is COc1ccc(CCC2(C)NC(=O)N(CC(=O)N3CCSC3c3ccccc3F)C2=O)cc1. The first-order chi connectivity index (χ1) is 15.8. The number of nitrogens with one attached hydrogen (secondary N) is 1. The second-order valence-electron chi connectivity index (χ2n) is 8.33. The largest absolute Gasteiger partial charge is 0.497 e. The number of ether oxygens (including phenoxy) is 1. The smallest absolute Gasteiger partial charge is 0.325 e. The van der Waals surface area contributed by atoms with Crippen molar-refractivity contribution in [2.75, 3.05) is 26.0 Å². The first kappa shape index (κ1) is 23.1. The van der Waals surface area contributed by atoms with Gasteiger partial charge in [0.2, 0.25) is 5.91 Å². The number of carbonyl (C=O) groups excluding carboxylic acids is 3. The zero-order chi connectivity index (χ0) is 23.6. The van der Waals surface area contributed by atoms with Gasteiger partial charge in [0, 0.05) is 17.9 Å². The molecule has 7 nitrogen and oxygen atoms in total. The number of rotatable bonds is 7. The Bertz CT molecular complexity index is 1060. The summed E-state index contributed by atoms with van der Waals surface area (Å²) in [4.78, 5) is 41.2. The van der Waals surface area contributed by atoms with Crippen molar-refractivity contribution in [3.63, 3.8) is 0 Å². The number of benzene rings is 2. The Kier molecular flexibility index (Phi) is 6.60. The van der Waals surface area contributed by atoms with Crippen molar-refractivity contribution in [2.45, 2.75) is 30.7 Å². The summed E-state index contributed by atoms with van der Waals surface area (Å²) in [6, 6.07) is 13.3. The van der Waals surface area contributed by atoms with E-state index in [-0.39, 0.29) is 18.3 Å². The molecule has 0 aliphatic carbocycles. The quantitative estimate of drug-likeness (QED) is 0.627. The van der Waals surface area contributed by atoms with Gasteiger partial charge in [-0.2, -0.15) is 0 Å². The van der Waals surface area contributed by atoms with Crippen LogP contribution in [0, 0.1) is 5.82 Å². The van der Waals surface area contributed by atoms with Crippen LogP contribution in [-0.4, -0.2) is 59.1 Å². The maximum Gasteiger partial charge on any atom is 0.325 e. The number of imide groups is 1. The minimum atomic E-state index is -1.10. The molecule has 2 aliphatic rings. The number of halogens is 1. The summed E-state index contributed by atoms with van der Waals surface area (Å²) in [5.74, 6) is 0.217. The Morgan fingerprint density at radius 1 is 1.21 bits per heavy atom. The van der Waals surface area contributed by atoms with E-state index >= 15 is 0 Å². The molecule has 2 unspecified atom stereocenters. The first-order valence-electron chi connectivity index (χ1n) is 10.7. The number of thioether (sulfide) groups is 1. The van der Waals surface area contributed by atoms with Crippen molar-refractivity contribution in [3.05, 3.63) is 65.5 Å². The van der Waals surface area contributed by atoms with Gasteiger partial charge in [0.15, 0.2) is 0 Å². The summed E-state index contributed by atoms with van der Waals surface area (Å²) in [7, 11) is 1.60. The van der Waals surface area contributed by atoms with Gasteiger partial charge >= 0.3 is 6.03 Å². The summed E-state index contributed by atoms with van der Waals surface area (Å²) in [5, 5.41) is 2.28. The average Bonchev–Trinajstić information content (AvgIpc) is 3.38. The van der Waals surface area contributed by atoms with Crippen LogP contribution >= 0.6 is 11.8 Å². The van der Waals surface area contributed by atoms with Crippen LogP contribution in [0.4, 0.5) is 9.18 Å². The molecule has 1 N–H and O–H groups in total. The highest BCUT2D eigenvalue weighted by Crippen LogP contribution is 2.39. The third-order valence-corrected chi connectivity index (χ3v) is 7.34. The van der Waals surface area contributed by atoms with Gasteiger partial charge in [-0.25, -0.2) is 9.18 Å². The maximum absolute atomic E-state index is 14.3. The molecule has 0 aromatic heterocycles. The molecule has 0 bridgehead atoms. The van der Waals surface area contributed by atoms with E-state index in [2.05, 4.69) is 5.32 Å². The zero-order valence-electron chi connectivity index (χ0n) is 18.5. The molecule has 2 heterocycles. The van der Waals surface area contributed by atoms with Crippen molar-refractivity contribution in [2.24, 2.45) is 0 Å². The van der Waals surface area contributed by atoms with Crippen LogP contribution in [0.5, 0.6) is 5.75 Å². The topological polar surface area (TPSA) is 79.0 Å². The van der Waals surface area contributed by atoms with Crippen LogP contribution in [0.1, 0.15) is 29.8 Å². The number of hydrogen-bond donors (Lipinski definition) is 1. The molecule has 2 fully saturated rings. The van der Waals surface area contributed by atoms with Gasteiger partial charge in [-0.1, -0.05) is 30.3 Å². The summed E-state index contributed by atoms with van der Waals surface area (Å²) in [6.07, 6.45) is 0.971. The average molecular weight is 472 g/mol. The van der Waals surface area contributed by atoms with Crippen molar-refractivity contribution in [1.82, 2.24) is 15.1 Å². The monoisotopic (exact) mass is 471 g/mol. The molecule has 2 saturated heterocycles. The molecule has 0 spiro atoms. The summed E-state index contributed by atoms with van der Waals surface area (Å²) < 4.78 is 19.4. The van der Waals surface area contributed by atoms with Crippen LogP contribution in [0.3, 0.4) is 0 Å². The van der Waals surface area contributed by atoms with Gasteiger partial charge in [0.05, 0.1) is 7.11 Å². The molecule has 2 atom stereocenters. The highest BCUT2D eigenvalue weighted by atomic mass is 32.2. The van der Waals surface area contributed by atoms with E-state index in [1.54, 1.807) is 32.2 Å². The molecule has 174 valence electrons. The maximum atomic E-state index is 14.3. The molecule has 2 aliphatic heterocycles. The van der Waals surface area contributed by atoms with Gasteiger partial charge in [-0.15, -0.1) is 11.8 Å². The molecule has 4 amide bonds. The lowest BCUT2D eigenvalue weighted by molar-refractivity contribution is -0.139. The number of urea groups is 1. The summed E-state index contributed by atoms with van der Waals surface area (Å²) in [5.41, 5.74) is 0.340. The summed E-state index contributed by atoms with van der Waals surface area (Å²) >= 11 is 1.47. The van der Waals surface area contributed by atoms with E-state index < -0.39 is 22.9 Å². The van der Waals surface area contributed by atoms with Gasteiger partial charge < -0.3 is 15.0 Å². The lowest BCUT2D eigenvalue weighted by Crippen LogP contribution is -2.46. The Morgan fingerprint density at radius 2 is 1.94 bits per heavy atom. The van der Waals surface area contributed by atoms with E-state index in [0.29, 0.717) is 30.7 Å². The fourth-order valence-corrected chi connectivity index (χ4v) is 5.43. The van der Waals surface area contributed by atoms with Crippen LogP contribution in [0.2, 0.25) is 0 Å². The number of amides is 4. The predicted octanol–water partition coefficient (Wildman–Crippen LogP) is 3.35. The second-order valence-corrected chi connectivity index (χ2v) is 9.52. The van der Waals surface area contributed by atoms with E-state index in [1.165, 1.54) is 22.7 Å². The van der Waals surface area contributed by atoms with Crippen molar-refractivity contribution in [3.8, 4) is 5.75 Å². The lowest BCUT2D eigenvalue weighted by atomic mass is 9.93. The Hall–Kier alpha value is -3.07. The lowest BCUT2D eigenvalue weighted by Gasteiger charge is -2.26. The fraction of sp³-hybridized carbons (Fsp3) is 0.375. The highest BCUT2D eigenvalue weighted by Gasteiger charge is 2.48. The van der Waals surface area contributed by atoms with Crippen LogP contribution < -0.4 is 10.1 Å². The molecule has 9 heteroatoms. The number of aryl methyl sites for hydroxylation is 1. The van der Waals surface area contributed by atoms with Gasteiger partial charge in [0.25, 0.3) is 5.91 Å². The van der Waals surface area contributed by atoms with Crippen molar-refractivity contribution < 1.29 is 23.5 Å². The predicted molar refractivity (Wildman–Crippen MR) is 123 cm³/mol. The third kappa shape index (κ3) is 4.68. The van der Waals surface area contributed by atoms with Crippen molar-refractivity contribution >= 4 is 29.6 Å². The molecule has 0 saturated carbocycles. The van der Waals surface area contributed by atoms with E-state index in [0.717, 1.165) is 16.2 Å². The van der Waals surface area contributed by atoms with Crippen LogP contribution in [-0.2, 0) is 16.0 Å². The molecule has 0 radical (unpaired) electrons. The Balaban J connectivity index is 1.41. The number of carbonyl (C=O) groups is 3. The third-order valence-electron chi connectivity index (χ3n) is 6.09. The fourth-order valence-electron chi connectivity index (χ4n) is 4.13. The van der Waals surface area contributed by atoms with E-state index in [4.69, 9.17) is 4.74 Å². The summed E-state index contributed by atoms with van der Waals surface area (Å²) in [6.45, 7) is 1.74. The Labute approximate surface area is 196 Å². The normalized spacial score (nSPS) is 22.6. The van der Waals surface area contributed by atoms with E-state index in [9.17, 15) is 18.8 Å². The zero-order valence-corrected chi connectivity index (χ0v) is 19.4. The van der Waals surface area contributed by atoms with E-state index in [1.807, 2.05) is 24.3 Å². The van der Waals surface area contributed by atoms with Gasteiger partial charge in [-0.05, 0) is 43.5 Å². The number of nitrogens with zero attached hydrogens (tertiary/aromatic N) is 2. The van der Waals surface area contributed by atoms with Crippen molar-refractivity contribution in [1.29, 1.82) is 0 Å². The molecule has 2 aromatic carbocycles. The number of hydrogen-bond acceptors (Lipinski definition) is 5. The highest BCUT2D eigenvalue weighted by molar-refractivity contribution is 7.99.